The van der Waals surface area contributed by atoms with Crippen LogP contribution in [0, 0.1) is 0 Å². The predicted octanol–water partition coefficient (Wildman–Crippen LogP) is -0.281. The van der Waals surface area contributed by atoms with E-state index >= 15 is 0 Å². The van der Waals surface area contributed by atoms with Crippen LogP contribution in [0.15, 0.2) is 24.3 Å². The van der Waals surface area contributed by atoms with Crippen molar-refractivity contribution in [2.24, 2.45) is 0 Å². The molecule has 1 unspecified atom stereocenters. The number of benzene rings is 1. The van der Waals surface area contributed by atoms with E-state index in [1.165, 1.54) is 0 Å². The van der Waals surface area contributed by atoms with Gasteiger partial charge in [0.05, 0.1) is 0 Å². The molecule has 0 spiro atoms. The Morgan fingerprint density at radius 3 is 2.94 bits per heavy atom. The highest BCUT2D eigenvalue weighted by Crippen LogP contribution is 2.27. The molecule has 3 N–H and O–H groups in total. The third-order valence-corrected chi connectivity index (χ3v) is 3.01. The van der Waals surface area contributed by atoms with Crippen molar-refractivity contribution in [2.75, 3.05) is 11.4 Å². The van der Waals surface area contributed by atoms with Crippen LogP contribution >= 0.6 is 0 Å². The summed E-state index contributed by atoms with van der Waals surface area (Å²) in [7, 11) is 0. The quantitative estimate of drug-likeness (QED) is 0.623. The Morgan fingerprint density at radius 2 is 2.18 bits per heavy atom. The summed E-state index contributed by atoms with van der Waals surface area (Å²) >= 11 is 0. The van der Waals surface area contributed by atoms with E-state index in [1.807, 2.05) is 24.3 Å². The zero-order chi connectivity index (χ0) is 11.8. The maximum absolute atomic E-state index is 12.2. The normalized spacial score (nSPS) is 22.0. The highest BCUT2D eigenvalue weighted by atomic mass is 16.2. The van der Waals surface area contributed by atoms with Gasteiger partial charge in [0.25, 0.3) is 5.91 Å². The molecule has 1 saturated heterocycles. The van der Waals surface area contributed by atoms with E-state index in [1.54, 1.807) is 4.90 Å². The van der Waals surface area contributed by atoms with E-state index in [0.29, 0.717) is 6.54 Å². The Bertz CT molecular complexity index is 488. The average Bonchev–Trinajstić information content (AvgIpc) is 2.94. The van der Waals surface area contributed by atoms with E-state index in [2.05, 4.69) is 16.2 Å². The number of nitrogens with zero attached hydrogens (tertiary/aromatic N) is 1. The summed E-state index contributed by atoms with van der Waals surface area (Å²) < 4.78 is 0. The van der Waals surface area contributed by atoms with Gasteiger partial charge in [-0.2, -0.15) is 0 Å². The van der Waals surface area contributed by atoms with Gasteiger partial charge in [-0.3, -0.25) is 10.2 Å². The van der Waals surface area contributed by atoms with Crippen molar-refractivity contribution in [3.8, 4) is 0 Å². The van der Waals surface area contributed by atoms with E-state index in [4.69, 9.17) is 0 Å². The Balaban J connectivity index is 1.82. The first-order valence-corrected chi connectivity index (χ1v) is 5.47. The number of carbonyl (C=O) groups excluding carboxylic acids is 2. The van der Waals surface area contributed by atoms with Crippen molar-refractivity contribution >= 4 is 17.6 Å². The summed E-state index contributed by atoms with van der Waals surface area (Å²) in [5.74, 6) is -0.145. The summed E-state index contributed by atoms with van der Waals surface area (Å²) in [5.41, 5.74) is 7.06. The second-order valence-corrected chi connectivity index (χ2v) is 4.04. The molecule has 17 heavy (non-hydrogen) atoms. The fourth-order valence-electron chi connectivity index (χ4n) is 2.19. The van der Waals surface area contributed by atoms with Gasteiger partial charge in [-0.25, -0.2) is 10.2 Å². The van der Waals surface area contributed by atoms with Crippen molar-refractivity contribution < 1.29 is 9.59 Å². The summed E-state index contributed by atoms with van der Waals surface area (Å²) in [6.07, 6.45) is 0.171. The standard InChI is InChI=1S/C11H12N4O2/c16-10(9-12-11(17)14-13-9)15-6-5-7-3-1-2-4-8(7)15/h1-4,9,13H,5-6H2,(H2,12,14,17). The van der Waals surface area contributed by atoms with Crippen molar-refractivity contribution in [2.45, 2.75) is 12.6 Å². The number of nitrogens with one attached hydrogen (secondary N) is 3. The molecule has 0 radical (unpaired) electrons. The van der Waals surface area contributed by atoms with Gasteiger partial charge >= 0.3 is 6.03 Å². The van der Waals surface area contributed by atoms with Gasteiger partial charge in [-0.05, 0) is 18.1 Å². The Hall–Kier alpha value is -2.08. The predicted molar refractivity (Wildman–Crippen MR) is 61.1 cm³/mol. The number of hydrogen-bond donors (Lipinski definition) is 3. The summed E-state index contributed by atoms with van der Waals surface area (Å²) in [6.45, 7) is 0.659. The molecule has 0 aromatic heterocycles. The second kappa shape index (κ2) is 3.74. The number of hydrogen-bond acceptors (Lipinski definition) is 3. The van der Waals surface area contributed by atoms with Crippen LogP contribution in [0.4, 0.5) is 10.5 Å². The molecular weight excluding hydrogens is 220 g/mol. The molecule has 0 bridgehead atoms. The van der Waals surface area contributed by atoms with Gasteiger partial charge in [0.1, 0.15) is 0 Å². The molecule has 0 aliphatic carbocycles. The van der Waals surface area contributed by atoms with Crippen molar-refractivity contribution in [1.82, 2.24) is 16.2 Å². The largest absolute Gasteiger partial charge is 0.330 e. The van der Waals surface area contributed by atoms with Crippen LogP contribution < -0.4 is 21.1 Å². The Kier molecular flexibility index (Phi) is 2.22. The Morgan fingerprint density at radius 1 is 1.35 bits per heavy atom. The highest BCUT2D eigenvalue weighted by molar-refractivity contribution is 6.01. The first-order chi connectivity index (χ1) is 8.25. The summed E-state index contributed by atoms with van der Waals surface area (Å²) in [4.78, 5) is 24.8. The summed E-state index contributed by atoms with van der Waals surface area (Å²) in [5, 5.41) is 2.51. The van der Waals surface area contributed by atoms with Gasteiger partial charge in [0.15, 0.2) is 6.17 Å². The zero-order valence-corrected chi connectivity index (χ0v) is 9.06. The molecule has 1 aromatic carbocycles. The zero-order valence-electron chi connectivity index (χ0n) is 9.06. The Labute approximate surface area is 97.9 Å². The van der Waals surface area contributed by atoms with Crippen LogP contribution in [0.25, 0.3) is 0 Å². The molecule has 3 amide bonds. The van der Waals surface area contributed by atoms with Crippen LogP contribution in [0.3, 0.4) is 0 Å². The lowest BCUT2D eigenvalue weighted by Gasteiger charge is -2.20. The molecule has 1 atom stereocenters. The van der Waals surface area contributed by atoms with Crippen molar-refractivity contribution in [3.05, 3.63) is 29.8 Å². The van der Waals surface area contributed by atoms with E-state index in [-0.39, 0.29) is 11.9 Å². The lowest BCUT2D eigenvalue weighted by Crippen LogP contribution is -2.49. The molecule has 6 nitrogen and oxygen atoms in total. The third kappa shape index (κ3) is 1.62. The first kappa shape index (κ1) is 10.1. The van der Waals surface area contributed by atoms with Gasteiger partial charge in [0, 0.05) is 12.2 Å². The molecule has 88 valence electrons. The maximum Gasteiger partial charge on any atom is 0.330 e. The van der Waals surface area contributed by atoms with Gasteiger partial charge in [0.2, 0.25) is 0 Å². The molecule has 1 fully saturated rings. The molecule has 6 heteroatoms. The molecule has 2 aliphatic heterocycles. The van der Waals surface area contributed by atoms with Crippen LogP contribution in [0.1, 0.15) is 5.56 Å². The first-order valence-electron chi connectivity index (χ1n) is 5.47. The molecule has 2 heterocycles. The molecule has 1 aromatic rings. The molecule has 0 saturated carbocycles. The minimum atomic E-state index is -0.686. The number of anilines is 1. The number of urea groups is 1. The number of rotatable bonds is 1. The average molecular weight is 232 g/mol. The van der Waals surface area contributed by atoms with Crippen LogP contribution in [0.5, 0.6) is 0 Å². The van der Waals surface area contributed by atoms with E-state index < -0.39 is 6.17 Å². The van der Waals surface area contributed by atoms with Crippen LogP contribution in [-0.2, 0) is 11.2 Å². The molecule has 3 rings (SSSR count). The van der Waals surface area contributed by atoms with Gasteiger partial charge in [-0.1, -0.05) is 18.2 Å². The lowest BCUT2D eigenvalue weighted by atomic mass is 10.2. The number of para-hydroxylation sites is 1. The number of carbonyl (C=O) groups is 2. The van der Waals surface area contributed by atoms with E-state index in [9.17, 15) is 9.59 Å². The number of hydrazine groups is 1. The minimum Gasteiger partial charge on any atom is -0.312 e. The van der Waals surface area contributed by atoms with Gasteiger partial charge < -0.3 is 10.2 Å². The molecular formula is C11H12N4O2. The maximum atomic E-state index is 12.2. The minimum absolute atomic E-state index is 0.145. The second-order valence-electron chi connectivity index (χ2n) is 4.04. The number of amides is 3. The molecule has 2 aliphatic rings. The number of fused-ring (bicyclic) bond motifs is 1. The lowest BCUT2D eigenvalue weighted by molar-refractivity contribution is -0.120. The topological polar surface area (TPSA) is 73.5 Å². The fraction of sp³-hybridized carbons (Fsp3) is 0.273. The van der Waals surface area contributed by atoms with Gasteiger partial charge in [-0.15, -0.1) is 0 Å². The van der Waals surface area contributed by atoms with Crippen molar-refractivity contribution in [3.63, 3.8) is 0 Å². The van der Waals surface area contributed by atoms with Crippen LogP contribution in [-0.4, -0.2) is 24.6 Å². The monoisotopic (exact) mass is 232 g/mol. The third-order valence-electron chi connectivity index (χ3n) is 3.01. The SMILES string of the molecule is O=C1NNC(C(=O)N2CCc3ccccc32)N1. The van der Waals surface area contributed by atoms with Crippen LogP contribution in [0.2, 0.25) is 0 Å². The smallest absolute Gasteiger partial charge is 0.312 e. The fourth-order valence-corrected chi connectivity index (χ4v) is 2.19. The summed E-state index contributed by atoms with van der Waals surface area (Å²) in [6, 6.07) is 7.43. The van der Waals surface area contributed by atoms with Crippen molar-refractivity contribution in [1.29, 1.82) is 0 Å². The highest BCUT2D eigenvalue weighted by Gasteiger charge is 2.33. The van der Waals surface area contributed by atoms with E-state index in [0.717, 1.165) is 17.7 Å².